The summed E-state index contributed by atoms with van der Waals surface area (Å²) in [4.78, 5) is 13.0. The summed E-state index contributed by atoms with van der Waals surface area (Å²) in [5, 5.41) is 13.3. The van der Waals surface area contributed by atoms with Gasteiger partial charge in [0, 0.05) is 30.5 Å². The maximum atomic E-state index is 10.9. The number of nitrogens with zero attached hydrogens (tertiary/aromatic N) is 3. The molecule has 1 aromatic heterocycles. The van der Waals surface area contributed by atoms with E-state index < -0.39 is 5.97 Å². The Labute approximate surface area is 124 Å². The van der Waals surface area contributed by atoms with Gasteiger partial charge < -0.3 is 10.0 Å². The molecule has 1 unspecified atom stereocenters. The number of benzene rings is 1. The second kappa shape index (κ2) is 6.92. The molecule has 0 fully saturated rings. The Bertz CT molecular complexity index is 580. The van der Waals surface area contributed by atoms with Gasteiger partial charge in [-0.3, -0.25) is 9.48 Å². The van der Waals surface area contributed by atoms with E-state index in [0.29, 0.717) is 6.54 Å². The van der Waals surface area contributed by atoms with E-state index in [9.17, 15) is 4.79 Å². The highest BCUT2D eigenvalue weighted by Gasteiger charge is 2.18. The zero-order valence-electron chi connectivity index (χ0n) is 12.4. The fourth-order valence-corrected chi connectivity index (χ4v) is 2.33. The third-order valence-corrected chi connectivity index (χ3v) is 3.58. The van der Waals surface area contributed by atoms with E-state index in [-0.39, 0.29) is 12.5 Å². The molecule has 0 aliphatic carbocycles. The molecule has 5 heteroatoms. The first-order valence-electron chi connectivity index (χ1n) is 7.17. The predicted octanol–water partition coefficient (Wildman–Crippen LogP) is 2.95. The number of carbonyl (C=O) groups is 1. The molecule has 2 aromatic rings. The van der Waals surface area contributed by atoms with Crippen LogP contribution in [0.3, 0.4) is 0 Å². The number of anilines is 1. The van der Waals surface area contributed by atoms with Crippen molar-refractivity contribution in [1.82, 2.24) is 9.78 Å². The highest BCUT2D eigenvalue weighted by Crippen LogP contribution is 2.26. The van der Waals surface area contributed by atoms with Gasteiger partial charge in [0.15, 0.2) is 0 Å². The van der Waals surface area contributed by atoms with E-state index in [4.69, 9.17) is 5.11 Å². The average Bonchev–Trinajstić information content (AvgIpc) is 2.97. The van der Waals surface area contributed by atoms with Crippen molar-refractivity contribution >= 4 is 11.7 Å². The number of carboxylic acids is 1. The van der Waals surface area contributed by atoms with Gasteiger partial charge in [0.25, 0.3) is 0 Å². The van der Waals surface area contributed by atoms with E-state index in [1.165, 1.54) is 0 Å². The Hall–Kier alpha value is -2.30. The number of carboxylic acid groups (broad SMARTS) is 1. The van der Waals surface area contributed by atoms with Crippen LogP contribution in [0.25, 0.3) is 0 Å². The van der Waals surface area contributed by atoms with Crippen LogP contribution < -0.4 is 4.90 Å². The minimum absolute atomic E-state index is 0.0760. The summed E-state index contributed by atoms with van der Waals surface area (Å²) in [6.45, 7) is 5.41. The predicted molar refractivity (Wildman–Crippen MR) is 82.4 cm³/mol. The monoisotopic (exact) mass is 287 g/mol. The molecule has 21 heavy (non-hydrogen) atoms. The number of aromatic nitrogens is 2. The lowest BCUT2D eigenvalue weighted by Crippen LogP contribution is -2.29. The molecule has 1 atom stereocenters. The Balaban J connectivity index is 2.23. The largest absolute Gasteiger partial charge is 0.481 e. The van der Waals surface area contributed by atoms with Crippen LogP contribution >= 0.6 is 0 Å². The zero-order valence-corrected chi connectivity index (χ0v) is 12.4. The lowest BCUT2D eigenvalue weighted by atomic mass is 10.1. The van der Waals surface area contributed by atoms with Gasteiger partial charge in [0.2, 0.25) is 0 Å². The van der Waals surface area contributed by atoms with E-state index >= 15 is 0 Å². The second-order valence-electron chi connectivity index (χ2n) is 4.98. The van der Waals surface area contributed by atoms with Crippen LogP contribution in [-0.2, 0) is 11.3 Å². The van der Waals surface area contributed by atoms with Crippen molar-refractivity contribution in [2.45, 2.75) is 32.9 Å². The lowest BCUT2D eigenvalue weighted by molar-refractivity contribution is -0.136. The Morgan fingerprint density at radius 1 is 1.38 bits per heavy atom. The van der Waals surface area contributed by atoms with Gasteiger partial charge in [-0.15, -0.1) is 0 Å². The summed E-state index contributed by atoms with van der Waals surface area (Å²) in [6.07, 6.45) is 3.98. The first kappa shape index (κ1) is 15.1. The van der Waals surface area contributed by atoms with Crippen molar-refractivity contribution in [3.05, 3.63) is 48.3 Å². The van der Waals surface area contributed by atoms with Crippen molar-refractivity contribution in [3.63, 3.8) is 0 Å². The van der Waals surface area contributed by atoms with Crippen molar-refractivity contribution in [1.29, 1.82) is 0 Å². The van der Waals surface area contributed by atoms with Gasteiger partial charge in [-0.25, -0.2) is 0 Å². The summed E-state index contributed by atoms with van der Waals surface area (Å²) in [7, 11) is 0. The van der Waals surface area contributed by atoms with Gasteiger partial charge >= 0.3 is 5.97 Å². The Kier molecular flexibility index (Phi) is 4.98. The number of para-hydroxylation sites is 1. The average molecular weight is 287 g/mol. The normalized spacial score (nSPS) is 12.1. The molecule has 0 saturated heterocycles. The molecule has 1 heterocycles. The molecule has 0 bridgehead atoms. The van der Waals surface area contributed by atoms with Gasteiger partial charge in [0.05, 0.1) is 18.7 Å². The van der Waals surface area contributed by atoms with Gasteiger partial charge in [0.1, 0.15) is 0 Å². The minimum Gasteiger partial charge on any atom is -0.481 e. The summed E-state index contributed by atoms with van der Waals surface area (Å²) in [5.41, 5.74) is 2.11. The van der Waals surface area contributed by atoms with Gasteiger partial charge in [-0.1, -0.05) is 18.2 Å². The van der Waals surface area contributed by atoms with Crippen LogP contribution in [0.15, 0.2) is 42.7 Å². The number of hydrogen-bond donors (Lipinski definition) is 1. The third kappa shape index (κ3) is 3.84. The van der Waals surface area contributed by atoms with Crippen LogP contribution in [0.1, 0.15) is 31.9 Å². The molecule has 0 aliphatic heterocycles. The van der Waals surface area contributed by atoms with Gasteiger partial charge in [-0.2, -0.15) is 5.10 Å². The minimum atomic E-state index is -0.785. The maximum absolute atomic E-state index is 10.9. The van der Waals surface area contributed by atoms with Crippen LogP contribution in [0.4, 0.5) is 5.69 Å². The summed E-state index contributed by atoms with van der Waals surface area (Å²) < 4.78 is 1.88. The molecule has 0 aliphatic rings. The van der Waals surface area contributed by atoms with Crippen LogP contribution in [0, 0.1) is 0 Å². The molecule has 2 rings (SSSR count). The number of aryl methyl sites for hydroxylation is 1. The van der Waals surface area contributed by atoms with Crippen molar-refractivity contribution < 1.29 is 9.90 Å². The molecule has 0 amide bonds. The zero-order chi connectivity index (χ0) is 15.2. The number of rotatable bonds is 7. The fraction of sp³-hybridized carbons (Fsp3) is 0.375. The van der Waals surface area contributed by atoms with Crippen LogP contribution in [-0.4, -0.2) is 27.4 Å². The Morgan fingerprint density at radius 3 is 2.67 bits per heavy atom. The summed E-state index contributed by atoms with van der Waals surface area (Å²) in [5.74, 6) is -0.785. The molecule has 0 spiro atoms. The summed E-state index contributed by atoms with van der Waals surface area (Å²) >= 11 is 0. The quantitative estimate of drug-likeness (QED) is 0.850. The van der Waals surface area contributed by atoms with Crippen molar-refractivity contribution in [3.8, 4) is 0 Å². The fourth-order valence-electron chi connectivity index (χ4n) is 2.33. The first-order valence-corrected chi connectivity index (χ1v) is 7.17. The van der Waals surface area contributed by atoms with E-state index in [0.717, 1.165) is 17.8 Å². The topological polar surface area (TPSA) is 58.4 Å². The van der Waals surface area contributed by atoms with Crippen molar-refractivity contribution in [2.75, 3.05) is 11.4 Å². The number of hydrogen-bond acceptors (Lipinski definition) is 3. The van der Waals surface area contributed by atoms with Crippen molar-refractivity contribution in [2.24, 2.45) is 0 Å². The molecule has 1 aromatic carbocycles. The molecule has 5 nitrogen and oxygen atoms in total. The van der Waals surface area contributed by atoms with Gasteiger partial charge in [-0.05, 0) is 26.0 Å². The SMILES string of the molecule is CCn1cc(C(C)N(CCC(=O)O)c2ccccc2)cn1. The standard InChI is InChI=1S/C16H21N3O2/c1-3-18-12-14(11-17-18)13(2)19(10-9-16(20)21)15-7-5-4-6-8-15/h4-8,11-13H,3,9-10H2,1-2H3,(H,20,21). The molecule has 0 radical (unpaired) electrons. The van der Waals surface area contributed by atoms with Crippen LogP contribution in [0.5, 0.6) is 0 Å². The third-order valence-electron chi connectivity index (χ3n) is 3.58. The smallest absolute Gasteiger partial charge is 0.305 e. The maximum Gasteiger partial charge on any atom is 0.305 e. The lowest BCUT2D eigenvalue weighted by Gasteiger charge is -2.30. The molecular formula is C16H21N3O2. The molecular weight excluding hydrogens is 266 g/mol. The number of aliphatic carboxylic acids is 1. The molecule has 112 valence electrons. The van der Waals surface area contributed by atoms with Crippen LogP contribution in [0.2, 0.25) is 0 Å². The van der Waals surface area contributed by atoms with E-state index in [2.05, 4.69) is 16.9 Å². The highest BCUT2D eigenvalue weighted by atomic mass is 16.4. The molecule has 0 saturated carbocycles. The highest BCUT2D eigenvalue weighted by molar-refractivity contribution is 5.67. The molecule has 1 N–H and O–H groups in total. The van der Waals surface area contributed by atoms with E-state index in [1.807, 2.05) is 54.3 Å². The first-order chi connectivity index (χ1) is 10.1. The summed E-state index contributed by atoms with van der Waals surface area (Å²) in [6, 6.07) is 9.97. The Morgan fingerprint density at radius 2 is 2.10 bits per heavy atom. The van der Waals surface area contributed by atoms with E-state index in [1.54, 1.807) is 0 Å². The second-order valence-corrected chi connectivity index (χ2v) is 4.98.